The zero-order chi connectivity index (χ0) is 17.4. The highest BCUT2D eigenvalue weighted by atomic mass is 16.6. The molecule has 0 heterocycles. The molecule has 0 spiro atoms. The van der Waals surface area contributed by atoms with Crippen LogP contribution in [0.15, 0.2) is 0 Å². The Labute approximate surface area is 147 Å². The number of esters is 1. The molecule has 4 rings (SSSR count). The molecule has 0 radical (unpaired) electrons. The summed E-state index contributed by atoms with van der Waals surface area (Å²) in [6.45, 7) is 6.96. The van der Waals surface area contributed by atoms with Crippen LogP contribution in [0.1, 0.15) is 78.6 Å². The van der Waals surface area contributed by atoms with E-state index in [0.29, 0.717) is 11.8 Å². The van der Waals surface area contributed by atoms with Gasteiger partial charge in [0.15, 0.2) is 0 Å². The molecule has 4 fully saturated rings. The molecule has 138 valence electrons. The number of rotatable bonds is 8. The van der Waals surface area contributed by atoms with Crippen LogP contribution in [-0.4, -0.2) is 25.3 Å². The highest BCUT2D eigenvalue weighted by molar-refractivity contribution is 5.76. The number of hydrogen-bond donors (Lipinski definition) is 0. The number of hydrogen-bond acceptors (Lipinski definition) is 3. The van der Waals surface area contributed by atoms with E-state index in [1.807, 2.05) is 13.8 Å². The van der Waals surface area contributed by atoms with Gasteiger partial charge in [0.2, 0.25) is 0 Å². The fourth-order valence-electron chi connectivity index (χ4n) is 5.71. The molecule has 0 saturated heterocycles. The Morgan fingerprint density at radius 2 is 1.62 bits per heavy atom. The van der Waals surface area contributed by atoms with Gasteiger partial charge in [-0.3, -0.25) is 4.79 Å². The molecule has 0 unspecified atom stereocenters. The predicted molar refractivity (Wildman–Crippen MR) is 95.7 cm³/mol. The second-order valence-corrected chi connectivity index (χ2v) is 9.34. The third-order valence-electron chi connectivity index (χ3n) is 7.41. The van der Waals surface area contributed by atoms with Gasteiger partial charge in [-0.2, -0.15) is 0 Å². The molecule has 3 nitrogen and oxygen atoms in total. The Balaban J connectivity index is 1.78. The summed E-state index contributed by atoms with van der Waals surface area (Å²) in [6.07, 6.45) is 10.6. The van der Waals surface area contributed by atoms with Gasteiger partial charge < -0.3 is 9.47 Å². The molecule has 4 saturated carbocycles. The second-order valence-electron chi connectivity index (χ2n) is 9.34. The Bertz CT molecular complexity index is 426. The Morgan fingerprint density at radius 1 is 1.04 bits per heavy atom. The van der Waals surface area contributed by atoms with Crippen molar-refractivity contribution in [2.45, 2.75) is 84.2 Å². The second kappa shape index (κ2) is 6.97. The highest BCUT2D eigenvalue weighted by Crippen LogP contribution is 2.61. The van der Waals surface area contributed by atoms with E-state index in [1.54, 1.807) is 7.11 Å². The maximum absolute atomic E-state index is 12.9. The molecule has 0 aromatic heterocycles. The topological polar surface area (TPSA) is 35.5 Å². The average Bonchev–Trinajstić information content (AvgIpc) is 2.55. The van der Waals surface area contributed by atoms with E-state index < -0.39 is 0 Å². The van der Waals surface area contributed by atoms with Gasteiger partial charge in [0.05, 0.1) is 5.41 Å². The molecule has 0 atom stereocenters. The van der Waals surface area contributed by atoms with Crippen LogP contribution in [0, 0.1) is 29.1 Å². The van der Waals surface area contributed by atoms with Crippen molar-refractivity contribution in [1.82, 2.24) is 0 Å². The maximum atomic E-state index is 12.9. The first-order valence-electron chi connectivity index (χ1n) is 10.1. The zero-order valence-corrected chi connectivity index (χ0v) is 16.1. The highest BCUT2D eigenvalue weighted by Gasteiger charge is 2.59. The fourth-order valence-corrected chi connectivity index (χ4v) is 5.71. The van der Waals surface area contributed by atoms with Gasteiger partial charge in [-0.05, 0) is 95.3 Å². The van der Waals surface area contributed by atoms with Crippen LogP contribution in [0.2, 0.25) is 0 Å². The molecule has 0 aliphatic heterocycles. The quantitative estimate of drug-likeness (QED) is 0.463. The van der Waals surface area contributed by atoms with Crippen LogP contribution in [0.25, 0.3) is 0 Å². The van der Waals surface area contributed by atoms with Crippen molar-refractivity contribution in [3.8, 4) is 0 Å². The van der Waals surface area contributed by atoms with E-state index in [0.717, 1.165) is 44.1 Å². The SMILES string of the molecule is CCC(C)(C)C(=O)OC1(CCCCOC)C2CC3CC(C2)CC1C3. The molecule has 0 N–H and O–H groups in total. The van der Waals surface area contributed by atoms with Crippen molar-refractivity contribution in [2.75, 3.05) is 13.7 Å². The van der Waals surface area contributed by atoms with Crippen molar-refractivity contribution in [3.05, 3.63) is 0 Å². The number of unbranched alkanes of at least 4 members (excludes halogenated alkanes) is 1. The van der Waals surface area contributed by atoms with Crippen LogP contribution >= 0.6 is 0 Å². The average molecular weight is 337 g/mol. The van der Waals surface area contributed by atoms with Crippen LogP contribution in [0.5, 0.6) is 0 Å². The molecule has 24 heavy (non-hydrogen) atoms. The summed E-state index contributed by atoms with van der Waals surface area (Å²) in [5, 5.41) is 0. The predicted octanol–water partition coefficient (Wildman–Crippen LogP) is 4.98. The van der Waals surface area contributed by atoms with Gasteiger partial charge in [-0.1, -0.05) is 6.92 Å². The summed E-state index contributed by atoms with van der Waals surface area (Å²) in [7, 11) is 1.77. The van der Waals surface area contributed by atoms with Crippen LogP contribution in [-0.2, 0) is 14.3 Å². The monoisotopic (exact) mass is 336 g/mol. The van der Waals surface area contributed by atoms with E-state index in [9.17, 15) is 4.79 Å². The standard InChI is InChI=1S/C21H36O3/c1-5-20(2,3)19(22)24-21(8-6-7-9-23-4)17-11-15-10-16(13-17)14-18(21)12-15/h15-18H,5-14H2,1-4H3. The van der Waals surface area contributed by atoms with E-state index in [1.165, 1.54) is 32.1 Å². The minimum Gasteiger partial charge on any atom is -0.458 e. The van der Waals surface area contributed by atoms with E-state index >= 15 is 0 Å². The largest absolute Gasteiger partial charge is 0.458 e. The van der Waals surface area contributed by atoms with Crippen molar-refractivity contribution in [3.63, 3.8) is 0 Å². The molecule has 4 aliphatic carbocycles. The molecule has 0 aromatic carbocycles. The smallest absolute Gasteiger partial charge is 0.312 e. The van der Waals surface area contributed by atoms with Crippen molar-refractivity contribution in [2.24, 2.45) is 29.1 Å². The number of carbonyl (C=O) groups is 1. The molecule has 4 aliphatic rings. The molecule has 0 amide bonds. The summed E-state index contributed by atoms with van der Waals surface area (Å²) >= 11 is 0. The number of ether oxygens (including phenoxy) is 2. The zero-order valence-electron chi connectivity index (χ0n) is 16.1. The molecular weight excluding hydrogens is 300 g/mol. The van der Waals surface area contributed by atoms with Crippen molar-refractivity contribution < 1.29 is 14.3 Å². The molecule has 0 aromatic rings. The summed E-state index contributed by atoms with van der Waals surface area (Å²) < 4.78 is 11.7. The third kappa shape index (κ3) is 3.25. The minimum absolute atomic E-state index is 0.0317. The lowest BCUT2D eigenvalue weighted by molar-refractivity contribution is -0.220. The number of methoxy groups -OCH3 is 1. The first-order valence-corrected chi connectivity index (χ1v) is 10.1. The molecule has 3 heteroatoms. The maximum Gasteiger partial charge on any atom is 0.312 e. The van der Waals surface area contributed by atoms with Crippen molar-refractivity contribution in [1.29, 1.82) is 0 Å². The van der Waals surface area contributed by atoms with Gasteiger partial charge in [0.1, 0.15) is 5.60 Å². The van der Waals surface area contributed by atoms with Crippen molar-refractivity contribution >= 4 is 5.97 Å². The lowest BCUT2D eigenvalue weighted by atomic mass is 9.49. The Kier molecular flexibility index (Phi) is 5.30. The lowest BCUT2D eigenvalue weighted by Gasteiger charge is -2.60. The van der Waals surface area contributed by atoms with Gasteiger partial charge in [0.25, 0.3) is 0 Å². The van der Waals surface area contributed by atoms with Gasteiger partial charge >= 0.3 is 5.97 Å². The first-order chi connectivity index (χ1) is 11.4. The lowest BCUT2D eigenvalue weighted by Crippen LogP contribution is -2.60. The Hall–Kier alpha value is -0.570. The fraction of sp³-hybridized carbons (Fsp3) is 0.952. The summed E-state index contributed by atoms with van der Waals surface area (Å²) in [5.41, 5.74) is -0.543. The summed E-state index contributed by atoms with van der Waals surface area (Å²) in [6, 6.07) is 0. The van der Waals surface area contributed by atoms with Crippen LogP contribution in [0.4, 0.5) is 0 Å². The van der Waals surface area contributed by atoms with Gasteiger partial charge in [0, 0.05) is 13.7 Å². The first kappa shape index (κ1) is 18.2. The third-order valence-corrected chi connectivity index (χ3v) is 7.41. The normalized spacial score (nSPS) is 37.7. The van der Waals surface area contributed by atoms with Gasteiger partial charge in [-0.25, -0.2) is 0 Å². The molecular formula is C21H36O3. The minimum atomic E-state index is -0.367. The number of carbonyl (C=O) groups excluding carboxylic acids is 1. The van der Waals surface area contributed by atoms with Crippen LogP contribution < -0.4 is 0 Å². The van der Waals surface area contributed by atoms with Gasteiger partial charge in [-0.15, -0.1) is 0 Å². The van der Waals surface area contributed by atoms with E-state index in [2.05, 4.69) is 6.92 Å². The molecule has 4 bridgehead atoms. The summed E-state index contributed by atoms with van der Waals surface area (Å²) in [5.74, 6) is 3.04. The van der Waals surface area contributed by atoms with Crippen LogP contribution in [0.3, 0.4) is 0 Å². The summed E-state index contributed by atoms with van der Waals surface area (Å²) in [4.78, 5) is 12.9. The Morgan fingerprint density at radius 3 is 2.12 bits per heavy atom. The van der Waals surface area contributed by atoms with E-state index in [-0.39, 0.29) is 17.0 Å². The van der Waals surface area contributed by atoms with E-state index in [4.69, 9.17) is 9.47 Å².